The highest BCUT2D eigenvalue weighted by Crippen LogP contribution is 2.18. The van der Waals surface area contributed by atoms with E-state index < -0.39 is 11.6 Å². The van der Waals surface area contributed by atoms with Crippen molar-refractivity contribution < 1.29 is 13.6 Å². The molecule has 0 amide bonds. The predicted molar refractivity (Wildman–Crippen MR) is 43.6 cm³/mol. The summed E-state index contributed by atoms with van der Waals surface area (Å²) in [5.41, 5.74) is 0.723. The minimum Gasteiger partial charge on any atom is -0.352 e. The van der Waals surface area contributed by atoms with E-state index in [1.54, 1.807) is 0 Å². The number of aldehydes is 1. The summed E-state index contributed by atoms with van der Waals surface area (Å²) in [5.74, 6) is -1.84. The molecule has 2 aromatic rings. The van der Waals surface area contributed by atoms with Crippen molar-refractivity contribution in [3.05, 3.63) is 35.5 Å². The van der Waals surface area contributed by atoms with Gasteiger partial charge in [-0.1, -0.05) is 0 Å². The fourth-order valence-corrected chi connectivity index (χ4v) is 1.21. The Hall–Kier alpha value is -1.71. The number of nitrogens with one attached hydrogen (secondary N) is 1. The topological polar surface area (TPSA) is 32.9 Å². The molecular formula is C9H5F2NO. The third-order valence-electron chi connectivity index (χ3n) is 1.81. The van der Waals surface area contributed by atoms with Crippen molar-refractivity contribution in [1.29, 1.82) is 0 Å². The summed E-state index contributed by atoms with van der Waals surface area (Å²) in [5, 5.41) is 0.487. The summed E-state index contributed by atoms with van der Waals surface area (Å²) in [4.78, 5) is 13.0. The number of carbonyl (C=O) groups excluding carboxylic acids is 1. The van der Waals surface area contributed by atoms with E-state index in [4.69, 9.17) is 0 Å². The number of aromatic nitrogens is 1. The average molecular weight is 181 g/mol. The lowest BCUT2D eigenvalue weighted by molar-refractivity contribution is 0.112. The Bertz CT molecular complexity index is 437. The SMILES string of the molecule is O=Cc1cc2cc(F)c(F)cc2[nH]1. The van der Waals surface area contributed by atoms with Gasteiger partial charge in [0.15, 0.2) is 17.9 Å². The summed E-state index contributed by atoms with van der Waals surface area (Å²) in [6.07, 6.45) is 0.593. The quantitative estimate of drug-likeness (QED) is 0.672. The van der Waals surface area contributed by atoms with Gasteiger partial charge in [-0.3, -0.25) is 4.79 Å². The highest BCUT2D eigenvalue weighted by Gasteiger charge is 2.06. The standard InChI is InChI=1S/C9H5F2NO/c10-7-2-5-1-6(4-13)12-9(5)3-8(7)11/h1-4,12H. The minimum atomic E-state index is -0.924. The van der Waals surface area contributed by atoms with Crippen LogP contribution < -0.4 is 0 Å². The molecule has 0 fully saturated rings. The van der Waals surface area contributed by atoms with Crippen molar-refractivity contribution in [2.24, 2.45) is 0 Å². The van der Waals surface area contributed by atoms with Crippen molar-refractivity contribution in [2.45, 2.75) is 0 Å². The molecule has 2 rings (SSSR count). The largest absolute Gasteiger partial charge is 0.352 e. The van der Waals surface area contributed by atoms with Crippen molar-refractivity contribution in [1.82, 2.24) is 4.98 Å². The van der Waals surface area contributed by atoms with E-state index in [9.17, 15) is 13.6 Å². The Morgan fingerprint density at radius 1 is 1.15 bits per heavy atom. The van der Waals surface area contributed by atoms with Gasteiger partial charge >= 0.3 is 0 Å². The molecule has 0 unspecified atom stereocenters. The lowest BCUT2D eigenvalue weighted by atomic mass is 10.2. The molecule has 1 aromatic carbocycles. The zero-order valence-corrected chi connectivity index (χ0v) is 6.47. The van der Waals surface area contributed by atoms with Gasteiger partial charge in [-0.2, -0.15) is 0 Å². The summed E-state index contributed by atoms with van der Waals surface area (Å²) in [7, 11) is 0. The molecule has 0 aliphatic heterocycles. The molecule has 66 valence electrons. The van der Waals surface area contributed by atoms with Crippen LogP contribution in [-0.4, -0.2) is 11.3 Å². The smallest absolute Gasteiger partial charge is 0.166 e. The first kappa shape index (κ1) is 7.91. The second-order valence-corrected chi connectivity index (χ2v) is 2.70. The van der Waals surface area contributed by atoms with E-state index in [0.29, 0.717) is 22.9 Å². The molecule has 1 aromatic heterocycles. The third kappa shape index (κ3) is 1.20. The lowest BCUT2D eigenvalue weighted by Crippen LogP contribution is -1.82. The Morgan fingerprint density at radius 3 is 2.54 bits per heavy atom. The monoisotopic (exact) mass is 181 g/mol. The predicted octanol–water partition coefficient (Wildman–Crippen LogP) is 2.26. The van der Waals surface area contributed by atoms with Crippen LogP contribution in [0.5, 0.6) is 0 Å². The van der Waals surface area contributed by atoms with E-state index >= 15 is 0 Å². The number of benzene rings is 1. The molecule has 0 radical (unpaired) electrons. The number of H-pyrrole nitrogens is 1. The van der Waals surface area contributed by atoms with Crippen LogP contribution in [0.3, 0.4) is 0 Å². The Kier molecular flexibility index (Phi) is 1.62. The molecule has 2 nitrogen and oxygen atoms in total. The number of rotatable bonds is 1. The molecule has 4 heteroatoms. The van der Waals surface area contributed by atoms with Crippen molar-refractivity contribution in [3.8, 4) is 0 Å². The molecule has 0 spiro atoms. The van der Waals surface area contributed by atoms with Gasteiger partial charge in [0.25, 0.3) is 0 Å². The van der Waals surface area contributed by atoms with E-state index in [1.165, 1.54) is 6.07 Å². The number of hydrogen-bond acceptors (Lipinski definition) is 1. The maximum Gasteiger partial charge on any atom is 0.166 e. The highest BCUT2D eigenvalue weighted by atomic mass is 19.2. The van der Waals surface area contributed by atoms with Crippen LogP contribution in [0, 0.1) is 11.6 Å². The van der Waals surface area contributed by atoms with Crippen LogP contribution in [-0.2, 0) is 0 Å². The summed E-state index contributed by atoms with van der Waals surface area (Å²) in [6.45, 7) is 0. The van der Waals surface area contributed by atoms with Gasteiger partial charge in [0.2, 0.25) is 0 Å². The van der Waals surface area contributed by atoms with Gasteiger partial charge in [0.1, 0.15) is 0 Å². The molecule has 0 aliphatic carbocycles. The lowest BCUT2D eigenvalue weighted by Gasteiger charge is -1.91. The van der Waals surface area contributed by atoms with Crippen LogP contribution in [0.25, 0.3) is 10.9 Å². The molecular weight excluding hydrogens is 176 g/mol. The molecule has 0 bridgehead atoms. The van der Waals surface area contributed by atoms with Gasteiger partial charge in [-0.05, 0) is 12.1 Å². The van der Waals surface area contributed by atoms with Gasteiger partial charge < -0.3 is 4.98 Å². The molecule has 0 atom stereocenters. The molecule has 1 N–H and O–H groups in total. The number of carbonyl (C=O) groups is 1. The zero-order chi connectivity index (χ0) is 9.42. The van der Waals surface area contributed by atoms with Crippen LogP contribution in [0.15, 0.2) is 18.2 Å². The highest BCUT2D eigenvalue weighted by molar-refractivity contribution is 5.87. The summed E-state index contributed by atoms with van der Waals surface area (Å²) in [6, 6.07) is 3.54. The number of halogens is 2. The molecule has 1 heterocycles. The first-order valence-corrected chi connectivity index (χ1v) is 3.63. The van der Waals surface area contributed by atoms with Crippen molar-refractivity contribution >= 4 is 17.2 Å². The molecule has 0 aliphatic rings. The second kappa shape index (κ2) is 2.65. The number of hydrogen-bond donors (Lipinski definition) is 1. The van der Waals surface area contributed by atoms with E-state index in [1.807, 2.05) is 0 Å². The van der Waals surface area contributed by atoms with E-state index in [-0.39, 0.29) is 0 Å². The number of fused-ring (bicyclic) bond motifs is 1. The maximum absolute atomic E-state index is 12.7. The van der Waals surface area contributed by atoms with Gasteiger partial charge in [-0.25, -0.2) is 8.78 Å². The second-order valence-electron chi connectivity index (χ2n) is 2.70. The van der Waals surface area contributed by atoms with Crippen molar-refractivity contribution in [3.63, 3.8) is 0 Å². The molecule has 0 saturated carbocycles. The molecule has 13 heavy (non-hydrogen) atoms. The van der Waals surface area contributed by atoms with Gasteiger partial charge in [0, 0.05) is 17.0 Å². The number of aromatic amines is 1. The fourth-order valence-electron chi connectivity index (χ4n) is 1.21. The Labute approximate surface area is 72.2 Å². The first-order chi connectivity index (χ1) is 6.20. The van der Waals surface area contributed by atoms with E-state index in [2.05, 4.69) is 4.98 Å². The molecule has 0 saturated heterocycles. The minimum absolute atomic E-state index is 0.306. The maximum atomic E-state index is 12.7. The zero-order valence-electron chi connectivity index (χ0n) is 6.47. The third-order valence-corrected chi connectivity index (χ3v) is 1.81. The fraction of sp³-hybridized carbons (Fsp3) is 0. The Balaban J connectivity index is 2.77. The van der Waals surface area contributed by atoms with Gasteiger partial charge in [0.05, 0.1) is 5.69 Å². The van der Waals surface area contributed by atoms with Crippen molar-refractivity contribution in [2.75, 3.05) is 0 Å². The normalized spacial score (nSPS) is 10.6. The average Bonchev–Trinajstić information content (AvgIpc) is 2.48. The van der Waals surface area contributed by atoms with Crippen LogP contribution >= 0.6 is 0 Å². The summed E-state index contributed by atoms with van der Waals surface area (Å²) >= 11 is 0. The van der Waals surface area contributed by atoms with Crippen LogP contribution in [0.2, 0.25) is 0 Å². The van der Waals surface area contributed by atoms with E-state index in [0.717, 1.165) is 12.1 Å². The Morgan fingerprint density at radius 2 is 1.85 bits per heavy atom. The first-order valence-electron chi connectivity index (χ1n) is 3.63. The van der Waals surface area contributed by atoms with Crippen LogP contribution in [0.1, 0.15) is 10.5 Å². The summed E-state index contributed by atoms with van der Waals surface area (Å²) < 4.78 is 25.4. The van der Waals surface area contributed by atoms with Crippen LogP contribution in [0.4, 0.5) is 8.78 Å². The van der Waals surface area contributed by atoms with Gasteiger partial charge in [-0.15, -0.1) is 0 Å².